The Labute approximate surface area is 77.6 Å². The summed E-state index contributed by atoms with van der Waals surface area (Å²) < 4.78 is 10.2. The lowest BCUT2D eigenvalue weighted by Gasteiger charge is -2.10. The summed E-state index contributed by atoms with van der Waals surface area (Å²) in [7, 11) is 3.22. The molecule has 0 aromatic heterocycles. The lowest BCUT2D eigenvalue weighted by Crippen LogP contribution is -2.11. The maximum Gasteiger partial charge on any atom is 0.145 e. The Morgan fingerprint density at radius 3 is 2.62 bits per heavy atom. The van der Waals surface area contributed by atoms with Crippen molar-refractivity contribution >= 4 is 5.69 Å². The zero-order chi connectivity index (χ0) is 9.68. The van der Waals surface area contributed by atoms with Gasteiger partial charge in [-0.15, -0.1) is 0 Å². The van der Waals surface area contributed by atoms with E-state index in [0.29, 0.717) is 6.67 Å². The van der Waals surface area contributed by atoms with Gasteiger partial charge in [-0.25, -0.2) is 0 Å². The molecule has 0 saturated carbocycles. The molecule has 1 aromatic rings. The number of nitrogens with one attached hydrogen (secondary N) is 1. The second-order valence-corrected chi connectivity index (χ2v) is 2.45. The SMILES string of the molecule is COc1ccc(NCN)c(OC)c1. The average molecular weight is 182 g/mol. The van der Waals surface area contributed by atoms with E-state index in [2.05, 4.69) is 5.32 Å². The van der Waals surface area contributed by atoms with Gasteiger partial charge >= 0.3 is 0 Å². The standard InChI is InChI=1S/C9H14N2O2/c1-12-7-3-4-8(11-6-10)9(5-7)13-2/h3-5,11H,6,10H2,1-2H3. The summed E-state index contributed by atoms with van der Waals surface area (Å²) in [4.78, 5) is 0. The molecule has 0 fully saturated rings. The van der Waals surface area contributed by atoms with Crippen molar-refractivity contribution < 1.29 is 9.47 Å². The van der Waals surface area contributed by atoms with Crippen molar-refractivity contribution in [3.63, 3.8) is 0 Å². The molecule has 4 heteroatoms. The molecule has 0 bridgehead atoms. The molecule has 1 aromatic carbocycles. The third-order valence-electron chi connectivity index (χ3n) is 1.70. The lowest BCUT2D eigenvalue weighted by molar-refractivity contribution is 0.395. The second kappa shape index (κ2) is 4.57. The van der Waals surface area contributed by atoms with Crippen LogP contribution in [0.15, 0.2) is 18.2 Å². The number of hydrogen-bond acceptors (Lipinski definition) is 4. The summed E-state index contributed by atoms with van der Waals surface area (Å²) >= 11 is 0. The predicted octanol–water partition coefficient (Wildman–Crippen LogP) is 1.03. The topological polar surface area (TPSA) is 56.5 Å². The van der Waals surface area contributed by atoms with E-state index in [4.69, 9.17) is 15.2 Å². The smallest absolute Gasteiger partial charge is 0.145 e. The number of benzene rings is 1. The van der Waals surface area contributed by atoms with Gasteiger partial charge < -0.3 is 20.5 Å². The van der Waals surface area contributed by atoms with Gasteiger partial charge in [-0.2, -0.15) is 0 Å². The fraction of sp³-hybridized carbons (Fsp3) is 0.333. The molecule has 0 amide bonds. The molecule has 0 aliphatic carbocycles. The van der Waals surface area contributed by atoms with E-state index in [1.165, 1.54) is 0 Å². The quantitative estimate of drug-likeness (QED) is 0.683. The molecule has 4 nitrogen and oxygen atoms in total. The molecule has 0 radical (unpaired) electrons. The van der Waals surface area contributed by atoms with Gasteiger partial charge in [0.1, 0.15) is 11.5 Å². The minimum atomic E-state index is 0.378. The Kier molecular flexibility index (Phi) is 3.40. The van der Waals surface area contributed by atoms with Crippen LogP contribution in [0.2, 0.25) is 0 Å². The number of rotatable bonds is 4. The molecule has 0 aliphatic rings. The second-order valence-electron chi connectivity index (χ2n) is 2.45. The highest BCUT2D eigenvalue weighted by Crippen LogP contribution is 2.28. The first kappa shape index (κ1) is 9.67. The number of methoxy groups -OCH3 is 2. The number of anilines is 1. The Hall–Kier alpha value is -1.42. The molecule has 0 unspecified atom stereocenters. The summed E-state index contributed by atoms with van der Waals surface area (Å²) in [5, 5.41) is 2.98. The monoisotopic (exact) mass is 182 g/mol. The molecule has 3 N–H and O–H groups in total. The summed E-state index contributed by atoms with van der Waals surface area (Å²) in [6.45, 7) is 0.378. The van der Waals surface area contributed by atoms with Crippen LogP contribution in [0, 0.1) is 0 Å². The van der Waals surface area contributed by atoms with Gasteiger partial charge in [-0.1, -0.05) is 0 Å². The molecule has 0 spiro atoms. The molecular formula is C9H14N2O2. The van der Waals surface area contributed by atoms with Gasteiger partial charge in [0.25, 0.3) is 0 Å². The Bertz CT molecular complexity index is 276. The molecule has 1 rings (SSSR count). The van der Waals surface area contributed by atoms with Crippen molar-refractivity contribution in [1.82, 2.24) is 0 Å². The number of nitrogens with two attached hydrogens (primary N) is 1. The minimum Gasteiger partial charge on any atom is -0.497 e. The largest absolute Gasteiger partial charge is 0.497 e. The van der Waals surface area contributed by atoms with Crippen LogP contribution in [0.4, 0.5) is 5.69 Å². The van der Waals surface area contributed by atoms with Crippen LogP contribution in [0.25, 0.3) is 0 Å². The van der Waals surface area contributed by atoms with E-state index < -0.39 is 0 Å². The van der Waals surface area contributed by atoms with Crippen molar-refractivity contribution in [1.29, 1.82) is 0 Å². The normalized spacial score (nSPS) is 9.46. The van der Waals surface area contributed by atoms with Gasteiger partial charge in [0.05, 0.1) is 26.6 Å². The average Bonchev–Trinajstić information content (AvgIpc) is 2.19. The number of ether oxygens (including phenoxy) is 2. The first-order valence-electron chi connectivity index (χ1n) is 3.97. The van der Waals surface area contributed by atoms with Crippen LogP contribution >= 0.6 is 0 Å². The van der Waals surface area contributed by atoms with Crippen molar-refractivity contribution in [3.05, 3.63) is 18.2 Å². The van der Waals surface area contributed by atoms with Crippen LogP contribution in [-0.2, 0) is 0 Å². The van der Waals surface area contributed by atoms with Crippen molar-refractivity contribution in [2.45, 2.75) is 0 Å². The molecule has 0 aliphatic heterocycles. The third kappa shape index (κ3) is 2.26. The predicted molar refractivity (Wildman–Crippen MR) is 52.2 cm³/mol. The van der Waals surface area contributed by atoms with Gasteiger partial charge in [0.15, 0.2) is 0 Å². The lowest BCUT2D eigenvalue weighted by atomic mass is 10.3. The zero-order valence-electron chi connectivity index (χ0n) is 7.83. The molecular weight excluding hydrogens is 168 g/mol. The molecule has 0 atom stereocenters. The van der Waals surface area contributed by atoms with E-state index in [0.717, 1.165) is 17.2 Å². The minimum absolute atomic E-state index is 0.378. The van der Waals surface area contributed by atoms with E-state index in [1.54, 1.807) is 20.3 Å². The van der Waals surface area contributed by atoms with E-state index in [9.17, 15) is 0 Å². The zero-order valence-corrected chi connectivity index (χ0v) is 7.83. The summed E-state index contributed by atoms with van der Waals surface area (Å²) in [5.41, 5.74) is 6.22. The Morgan fingerprint density at radius 1 is 1.31 bits per heavy atom. The van der Waals surface area contributed by atoms with Gasteiger partial charge in [-0.3, -0.25) is 0 Å². The van der Waals surface area contributed by atoms with E-state index in [-0.39, 0.29) is 0 Å². The van der Waals surface area contributed by atoms with Gasteiger partial charge in [-0.05, 0) is 12.1 Å². The first-order chi connectivity index (χ1) is 6.31. The summed E-state index contributed by atoms with van der Waals surface area (Å²) in [6.07, 6.45) is 0. The van der Waals surface area contributed by atoms with E-state index in [1.807, 2.05) is 12.1 Å². The highest BCUT2D eigenvalue weighted by Gasteiger charge is 2.02. The third-order valence-corrected chi connectivity index (χ3v) is 1.70. The van der Waals surface area contributed by atoms with Crippen molar-refractivity contribution in [3.8, 4) is 11.5 Å². The summed E-state index contributed by atoms with van der Waals surface area (Å²) in [6, 6.07) is 5.52. The van der Waals surface area contributed by atoms with Crippen LogP contribution in [0.1, 0.15) is 0 Å². The summed E-state index contributed by atoms with van der Waals surface area (Å²) in [5.74, 6) is 1.49. The maximum atomic E-state index is 5.36. The van der Waals surface area contributed by atoms with Gasteiger partial charge in [0.2, 0.25) is 0 Å². The highest BCUT2D eigenvalue weighted by molar-refractivity contribution is 5.59. The molecule has 72 valence electrons. The van der Waals surface area contributed by atoms with Gasteiger partial charge in [0, 0.05) is 6.07 Å². The molecule has 0 heterocycles. The van der Waals surface area contributed by atoms with E-state index >= 15 is 0 Å². The fourth-order valence-electron chi connectivity index (χ4n) is 1.05. The molecule has 0 saturated heterocycles. The van der Waals surface area contributed by atoms with Crippen molar-refractivity contribution in [2.75, 3.05) is 26.2 Å². The Morgan fingerprint density at radius 2 is 2.08 bits per heavy atom. The van der Waals surface area contributed by atoms with Crippen LogP contribution < -0.4 is 20.5 Å². The first-order valence-corrected chi connectivity index (χ1v) is 3.97. The van der Waals surface area contributed by atoms with Crippen molar-refractivity contribution in [2.24, 2.45) is 5.73 Å². The van der Waals surface area contributed by atoms with Crippen LogP contribution in [0.5, 0.6) is 11.5 Å². The Balaban J connectivity index is 2.93. The highest BCUT2D eigenvalue weighted by atomic mass is 16.5. The molecule has 13 heavy (non-hydrogen) atoms. The van der Waals surface area contributed by atoms with Crippen LogP contribution in [-0.4, -0.2) is 20.9 Å². The maximum absolute atomic E-state index is 5.36. The van der Waals surface area contributed by atoms with Crippen LogP contribution in [0.3, 0.4) is 0 Å². The number of hydrogen-bond donors (Lipinski definition) is 2. The fourth-order valence-corrected chi connectivity index (χ4v) is 1.05.